The van der Waals surface area contributed by atoms with Gasteiger partial charge in [0.15, 0.2) is 0 Å². The molecule has 1 aromatic rings. The largest absolute Gasteiger partial charge is 0.478 e. The van der Waals surface area contributed by atoms with Crippen LogP contribution in [0.3, 0.4) is 0 Å². The maximum atomic E-state index is 11.5. The van der Waals surface area contributed by atoms with Gasteiger partial charge in [-0.15, -0.1) is 0 Å². The maximum absolute atomic E-state index is 11.5. The highest BCUT2D eigenvalue weighted by molar-refractivity contribution is 5.87. The molecule has 0 bridgehead atoms. The van der Waals surface area contributed by atoms with Crippen LogP contribution < -0.4 is 0 Å². The van der Waals surface area contributed by atoms with E-state index in [1.54, 1.807) is 31.1 Å². The van der Waals surface area contributed by atoms with Gasteiger partial charge in [0.05, 0.1) is 5.56 Å². The summed E-state index contributed by atoms with van der Waals surface area (Å²) in [5.74, 6) is -0.730. The number of fused-ring (bicyclic) bond motifs is 1. The van der Waals surface area contributed by atoms with Crippen LogP contribution in [-0.4, -0.2) is 54.0 Å². The zero-order valence-corrected chi connectivity index (χ0v) is 12.6. The van der Waals surface area contributed by atoms with Crippen LogP contribution in [-0.2, 0) is 17.8 Å². The Balaban J connectivity index is 1.91. The highest BCUT2D eigenvalue weighted by Gasteiger charge is 2.17. The van der Waals surface area contributed by atoms with Crippen molar-refractivity contribution in [3.05, 3.63) is 34.9 Å². The Hall–Kier alpha value is -1.88. The zero-order valence-electron chi connectivity index (χ0n) is 12.6. The Bertz CT molecular complexity index is 540. The minimum Gasteiger partial charge on any atom is -0.478 e. The molecular weight excluding hydrogens is 268 g/mol. The number of carboxylic acids is 1. The number of carbonyl (C=O) groups excluding carboxylic acids is 1. The lowest BCUT2D eigenvalue weighted by molar-refractivity contribution is -0.128. The fourth-order valence-electron chi connectivity index (χ4n) is 2.62. The second-order valence-corrected chi connectivity index (χ2v) is 5.71. The van der Waals surface area contributed by atoms with Crippen molar-refractivity contribution in [2.45, 2.75) is 25.8 Å². The van der Waals surface area contributed by atoms with Gasteiger partial charge >= 0.3 is 5.97 Å². The van der Waals surface area contributed by atoms with Gasteiger partial charge in [-0.2, -0.15) is 0 Å². The first-order valence-electron chi connectivity index (χ1n) is 7.25. The molecule has 1 aliphatic heterocycles. The van der Waals surface area contributed by atoms with Gasteiger partial charge in [-0.05, 0) is 42.6 Å². The van der Waals surface area contributed by atoms with Gasteiger partial charge in [0.1, 0.15) is 0 Å². The van der Waals surface area contributed by atoms with E-state index >= 15 is 0 Å². The highest BCUT2D eigenvalue weighted by Crippen LogP contribution is 2.20. The second kappa shape index (κ2) is 6.72. The summed E-state index contributed by atoms with van der Waals surface area (Å²) in [6.45, 7) is 2.61. The van der Waals surface area contributed by atoms with E-state index in [1.807, 2.05) is 6.07 Å². The van der Waals surface area contributed by atoms with Crippen LogP contribution in [0.1, 0.15) is 34.3 Å². The molecule has 0 spiro atoms. The number of carboxylic acid groups (broad SMARTS) is 1. The molecule has 114 valence electrons. The summed E-state index contributed by atoms with van der Waals surface area (Å²) in [6, 6.07) is 5.37. The van der Waals surface area contributed by atoms with Gasteiger partial charge in [0.2, 0.25) is 5.91 Å². The van der Waals surface area contributed by atoms with E-state index < -0.39 is 5.97 Å². The van der Waals surface area contributed by atoms with E-state index in [-0.39, 0.29) is 5.91 Å². The second-order valence-electron chi connectivity index (χ2n) is 5.71. The van der Waals surface area contributed by atoms with Crippen LogP contribution in [0.15, 0.2) is 18.2 Å². The third-order valence-electron chi connectivity index (χ3n) is 3.91. The highest BCUT2D eigenvalue weighted by atomic mass is 16.4. The first kappa shape index (κ1) is 15.5. The van der Waals surface area contributed by atoms with E-state index in [1.165, 1.54) is 5.56 Å². The molecule has 0 saturated carbocycles. The summed E-state index contributed by atoms with van der Waals surface area (Å²) in [4.78, 5) is 26.5. The molecular formula is C16H22N2O3. The molecule has 0 aliphatic carbocycles. The zero-order chi connectivity index (χ0) is 15.4. The number of benzene rings is 1. The van der Waals surface area contributed by atoms with E-state index in [4.69, 9.17) is 5.11 Å². The van der Waals surface area contributed by atoms with Crippen molar-refractivity contribution in [2.75, 3.05) is 27.2 Å². The molecule has 0 saturated heterocycles. The number of amides is 1. The lowest BCUT2D eigenvalue weighted by atomic mass is 9.97. The average molecular weight is 290 g/mol. The van der Waals surface area contributed by atoms with E-state index in [0.29, 0.717) is 12.0 Å². The number of nitrogens with zero attached hydrogens (tertiary/aromatic N) is 2. The molecule has 1 aromatic carbocycles. The molecule has 1 amide bonds. The Morgan fingerprint density at radius 3 is 2.71 bits per heavy atom. The summed E-state index contributed by atoms with van der Waals surface area (Å²) < 4.78 is 0. The summed E-state index contributed by atoms with van der Waals surface area (Å²) >= 11 is 0. The predicted octanol–water partition coefficient (Wildman–Crippen LogP) is 1.61. The molecule has 0 unspecified atom stereocenters. The molecule has 1 heterocycles. The van der Waals surface area contributed by atoms with Gasteiger partial charge < -0.3 is 10.0 Å². The van der Waals surface area contributed by atoms with Crippen LogP contribution in [0.4, 0.5) is 0 Å². The van der Waals surface area contributed by atoms with Crippen molar-refractivity contribution >= 4 is 11.9 Å². The van der Waals surface area contributed by atoms with Crippen LogP contribution in [0.5, 0.6) is 0 Å². The van der Waals surface area contributed by atoms with E-state index in [0.717, 1.165) is 38.0 Å². The predicted molar refractivity (Wildman–Crippen MR) is 80.3 cm³/mol. The first-order valence-corrected chi connectivity index (χ1v) is 7.25. The van der Waals surface area contributed by atoms with Crippen LogP contribution >= 0.6 is 0 Å². The van der Waals surface area contributed by atoms with Crippen LogP contribution in [0, 0.1) is 0 Å². The molecule has 21 heavy (non-hydrogen) atoms. The van der Waals surface area contributed by atoms with Gasteiger partial charge in [0, 0.05) is 33.6 Å². The number of rotatable bonds is 5. The molecule has 0 radical (unpaired) electrons. The standard InChI is InChI=1S/C16H22N2O3/c1-17(2)15(19)4-3-8-18-9-7-12-5-6-13(16(20)21)10-14(12)11-18/h5-6,10H,3-4,7-9,11H2,1-2H3,(H,20,21). The summed E-state index contributed by atoms with van der Waals surface area (Å²) in [5, 5.41) is 9.05. The van der Waals surface area contributed by atoms with Gasteiger partial charge in [-0.25, -0.2) is 4.79 Å². The molecule has 0 fully saturated rings. The van der Waals surface area contributed by atoms with Crippen molar-refractivity contribution in [1.29, 1.82) is 0 Å². The lowest BCUT2D eigenvalue weighted by Gasteiger charge is -2.29. The Labute approximate surface area is 125 Å². The number of hydrogen-bond donors (Lipinski definition) is 1. The van der Waals surface area contributed by atoms with Crippen molar-refractivity contribution in [3.8, 4) is 0 Å². The van der Waals surface area contributed by atoms with Crippen molar-refractivity contribution in [1.82, 2.24) is 9.80 Å². The smallest absolute Gasteiger partial charge is 0.335 e. The number of aromatic carboxylic acids is 1. The minimum absolute atomic E-state index is 0.153. The fourth-order valence-corrected chi connectivity index (χ4v) is 2.62. The van der Waals surface area contributed by atoms with Crippen LogP contribution in [0.2, 0.25) is 0 Å². The number of hydrogen-bond acceptors (Lipinski definition) is 3. The lowest BCUT2D eigenvalue weighted by Crippen LogP contribution is -2.32. The first-order chi connectivity index (χ1) is 9.97. The Morgan fingerprint density at radius 1 is 1.29 bits per heavy atom. The summed E-state index contributed by atoms with van der Waals surface area (Å²) in [6.07, 6.45) is 2.34. The third kappa shape index (κ3) is 4.04. The number of carbonyl (C=O) groups is 2. The topological polar surface area (TPSA) is 60.9 Å². The summed E-state index contributed by atoms with van der Waals surface area (Å²) in [5.41, 5.74) is 2.68. The molecule has 5 heteroatoms. The summed E-state index contributed by atoms with van der Waals surface area (Å²) in [7, 11) is 3.54. The van der Waals surface area contributed by atoms with Crippen molar-refractivity contribution < 1.29 is 14.7 Å². The minimum atomic E-state index is -0.883. The van der Waals surface area contributed by atoms with E-state index in [9.17, 15) is 9.59 Å². The molecule has 1 N–H and O–H groups in total. The quantitative estimate of drug-likeness (QED) is 0.895. The van der Waals surface area contributed by atoms with Crippen LogP contribution in [0.25, 0.3) is 0 Å². The Kier molecular flexibility index (Phi) is 4.96. The normalized spacial score (nSPS) is 14.6. The molecule has 1 aliphatic rings. The monoisotopic (exact) mass is 290 g/mol. The Morgan fingerprint density at radius 2 is 2.05 bits per heavy atom. The molecule has 2 rings (SSSR count). The fraction of sp³-hybridized carbons (Fsp3) is 0.500. The van der Waals surface area contributed by atoms with Gasteiger partial charge in [0.25, 0.3) is 0 Å². The molecule has 0 atom stereocenters. The van der Waals surface area contributed by atoms with Gasteiger partial charge in [-0.3, -0.25) is 9.69 Å². The maximum Gasteiger partial charge on any atom is 0.335 e. The SMILES string of the molecule is CN(C)C(=O)CCCN1CCc2ccc(C(=O)O)cc2C1. The van der Waals surface area contributed by atoms with Crippen molar-refractivity contribution in [3.63, 3.8) is 0 Å². The third-order valence-corrected chi connectivity index (χ3v) is 3.91. The van der Waals surface area contributed by atoms with Crippen molar-refractivity contribution in [2.24, 2.45) is 0 Å². The van der Waals surface area contributed by atoms with Gasteiger partial charge in [-0.1, -0.05) is 6.07 Å². The molecule has 5 nitrogen and oxygen atoms in total. The van der Waals surface area contributed by atoms with E-state index in [2.05, 4.69) is 4.90 Å². The average Bonchev–Trinajstić information content (AvgIpc) is 2.46. The molecule has 0 aromatic heterocycles.